The van der Waals surface area contributed by atoms with Crippen LogP contribution in [0.15, 0.2) is 42.5 Å². The molecule has 0 unspecified atom stereocenters. The fourth-order valence-electron chi connectivity index (χ4n) is 2.97. The molecule has 2 aromatic rings. The molecule has 156 valence electrons. The maximum absolute atomic E-state index is 11.9. The molecule has 0 saturated heterocycles. The monoisotopic (exact) mass is 399 g/mol. The SMILES string of the molecule is CCN(CC)CCOc1cccc(/C=C(\C(=O)O)c2ccc(OC)c(OC)c2)c1. The van der Waals surface area contributed by atoms with Gasteiger partial charge in [0.05, 0.1) is 19.8 Å². The largest absolute Gasteiger partial charge is 0.493 e. The molecule has 0 spiro atoms. The highest BCUT2D eigenvalue weighted by Crippen LogP contribution is 2.31. The van der Waals surface area contributed by atoms with E-state index in [1.807, 2.05) is 24.3 Å². The highest BCUT2D eigenvalue weighted by Gasteiger charge is 2.14. The predicted octanol–water partition coefficient (Wildman–Crippen LogP) is 4.05. The highest BCUT2D eigenvalue weighted by atomic mass is 16.5. The van der Waals surface area contributed by atoms with Crippen LogP contribution >= 0.6 is 0 Å². The normalized spacial score (nSPS) is 11.4. The smallest absolute Gasteiger partial charge is 0.336 e. The second kappa shape index (κ2) is 11.1. The predicted molar refractivity (Wildman–Crippen MR) is 115 cm³/mol. The quantitative estimate of drug-likeness (QED) is 0.454. The van der Waals surface area contributed by atoms with Crippen molar-refractivity contribution < 1.29 is 24.1 Å². The summed E-state index contributed by atoms with van der Waals surface area (Å²) >= 11 is 0. The first-order valence-electron chi connectivity index (χ1n) is 9.64. The molecule has 1 N–H and O–H groups in total. The van der Waals surface area contributed by atoms with Gasteiger partial charge in [0.1, 0.15) is 12.4 Å². The van der Waals surface area contributed by atoms with Crippen LogP contribution < -0.4 is 14.2 Å². The van der Waals surface area contributed by atoms with Crippen LogP contribution in [0.25, 0.3) is 11.6 Å². The third-order valence-corrected chi connectivity index (χ3v) is 4.66. The topological polar surface area (TPSA) is 68.2 Å². The van der Waals surface area contributed by atoms with E-state index < -0.39 is 5.97 Å². The van der Waals surface area contributed by atoms with Crippen LogP contribution in [-0.4, -0.2) is 56.4 Å². The minimum atomic E-state index is -1.02. The minimum absolute atomic E-state index is 0.159. The maximum atomic E-state index is 11.9. The van der Waals surface area contributed by atoms with Gasteiger partial charge in [-0.05, 0) is 54.6 Å². The first-order chi connectivity index (χ1) is 14.0. The van der Waals surface area contributed by atoms with E-state index in [0.29, 0.717) is 29.4 Å². The van der Waals surface area contributed by atoms with Crippen molar-refractivity contribution in [3.05, 3.63) is 53.6 Å². The van der Waals surface area contributed by atoms with Gasteiger partial charge in [-0.25, -0.2) is 4.79 Å². The summed E-state index contributed by atoms with van der Waals surface area (Å²) in [6, 6.07) is 12.5. The number of hydrogen-bond donors (Lipinski definition) is 1. The third-order valence-electron chi connectivity index (χ3n) is 4.66. The van der Waals surface area contributed by atoms with Gasteiger partial charge in [0, 0.05) is 6.54 Å². The van der Waals surface area contributed by atoms with Crippen LogP contribution in [0.4, 0.5) is 0 Å². The van der Waals surface area contributed by atoms with Crippen molar-refractivity contribution in [3.8, 4) is 17.2 Å². The van der Waals surface area contributed by atoms with Gasteiger partial charge >= 0.3 is 5.97 Å². The van der Waals surface area contributed by atoms with Crippen molar-refractivity contribution in [2.75, 3.05) is 40.5 Å². The number of carboxylic acid groups (broad SMARTS) is 1. The second-order valence-corrected chi connectivity index (χ2v) is 6.38. The highest BCUT2D eigenvalue weighted by molar-refractivity contribution is 6.20. The van der Waals surface area contributed by atoms with Gasteiger partial charge in [0.15, 0.2) is 11.5 Å². The van der Waals surface area contributed by atoms with Crippen molar-refractivity contribution in [2.24, 2.45) is 0 Å². The van der Waals surface area contributed by atoms with E-state index in [-0.39, 0.29) is 5.57 Å². The standard InChI is InChI=1S/C23H29NO5/c1-5-24(6-2)12-13-29-19-9-7-8-17(14-19)15-20(23(25)26)18-10-11-21(27-3)22(16-18)28-4/h7-11,14-16H,5-6,12-13H2,1-4H3,(H,25,26)/b20-15-. The Bertz CT molecular complexity index is 843. The van der Waals surface area contributed by atoms with Crippen molar-refractivity contribution in [1.82, 2.24) is 4.90 Å². The summed E-state index contributed by atoms with van der Waals surface area (Å²) in [4.78, 5) is 14.2. The lowest BCUT2D eigenvalue weighted by atomic mass is 10.0. The molecule has 0 bridgehead atoms. The Hall–Kier alpha value is -2.99. The van der Waals surface area contributed by atoms with Crippen molar-refractivity contribution in [1.29, 1.82) is 0 Å². The van der Waals surface area contributed by atoms with Crippen LogP contribution in [0.1, 0.15) is 25.0 Å². The molecule has 0 fully saturated rings. The van der Waals surface area contributed by atoms with Gasteiger partial charge in [0.2, 0.25) is 0 Å². The molecule has 0 aliphatic carbocycles. The lowest BCUT2D eigenvalue weighted by molar-refractivity contribution is -0.130. The van der Waals surface area contributed by atoms with Gasteiger partial charge in [-0.2, -0.15) is 0 Å². The van der Waals surface area contributed by atoms with Crippen molar-refractivity contribution in [2.45, 2.75) is 13.8 Å². The molecule has 2 aromatic carbocycles. The molecule has 0 aromatic heterocycles. The number of carboxylic acids is 1. The Morgan fingerprint density at radius 3 is 2.38 bits per heavy atom. The van der Waals surface area contributed by atoms with Gasteiger partial charge in [-0.15, -0.1) is 0 Å². The molecule has 6 heteroatoms. The number of likely N-dealkylation sites (N-methyl/N-ethyl adjacent to an activating group) is 1. The van der Waals surface area contributed by atoms with Gasteiger partial charge in [-0.1, -0.05) is 32.0 Å². The number of carbonyl (C=O) groups is 1. The van der Waals surface area contributed by atoms with Crippen LogP contribution in [0.2, 0.25) is 0 Å². The Morgan fingerprint density at radius 2 is 1.76 bits per heavy atom. The Morgan fingerprint density at radius 1 is 1.03 bits per heavy atom. The molecule has 0 saturated carbocycles. The molecular weight excluding hydrogens is 370 g/mol. The number of nitrogens with zero attached hydrogens (tertiary/aromatic N) is 1. The average Bonchev–Trinajstić information content (AvgIpc) is 2.74. The van der Waals surface area contributed by atoms with Crippen LogP contribution in [0.3, 0.4) is 0 Å². The van der Waals surface area contributed by atoms with Crippen molar-refractivity contribution in [3.63, 3.8) is 0 Å². The maximum Gasteiger partial charge on any atom is 0.336 e. The summed E-state index contributed by atoms with van der Waals surface area (Å²) in [6.45, 7) is 7.63. The number of benzene rings is 2. The fourth-order valence-corrected chi connectivity index (χ4v) is 2.97. The molecule has 0 radical (unpaired) electrons. The molecule has 0 amide bonds. The average molecular weight is 399 g/mol. The Balaban J connectivity index is 2.24. The summed E-state index contributed by atoms with van der Waals surface area (Å²) in [6.07, 6.45) is 1.63. The zero-order valence-corrected chi connectivity index (χ0v) is 17.5. The Labute approximate surface area is 172 Å². The fraction of sp³-hybridized carbons (Fsp3) is 0.348. The number of methoxy groups -OCH3 is 2. The first kappa shape index (κ1) is 22.3. The Kier molecular flexibility index (Phi) is 8.55. The lowest BCUT2D eigenvalue weighted by Gasteiger charge is -2.18. The van der Waals surface area contributed by atoms with Crippen LogP contribution in [0.5, 0.6) is 17.2 Å². The van der Waals surface area contributed by atoms with E-state index in [9.17, 15) is 9.90 Å². The van der Waals surface area contributed by atoms with Gasteiger partial charge in [-0.3, -0.25) is 0 Å². The van der Waals surface area contributed by atoms with E-state index in [0.717, 1.165) is 25.2 Å². The second-order valence-electron chi connectivity index (χ2n) is 6.38. The van der Waals surface area contributed by atoms with E-state index >= 15 is 0 Å². The van der Waals surface area contributed by atoms with Crippen LogP contribution in [0, 0.1) is 0 Å². The zero-order valence-electron chi connectivity index (χ0n) is 17.5. The van der Waals surface area contributed by atoms with E-state index in [1.54, 1.807) is 24.3 Å². The summed E-state index contributed by atoms with van der Waals surface area (Å²) in [5, 5.41) is 9.73. The zero-order chi connectivity index (χ0) is 21.2. The molecule has 6 nitrogen and oxygen atoms in total. The molecule has 0 heterocycles. The first-order valence-corrected chi connectivity index (χ1v) is 9.64. The summed E-state index contributed by atoms with van der Waals surface area (Å²) in [7, 11) is 3.06. The van der Waals surface area contributed by atoms with Gasteiger partial charge < -0.3 is 24.2 Å². The summed E-state index contributed by atoms with van der Waals surface area (Å²) < 4.78 is 16.4. The van der Waals surface area contributed by atoms with Gasteiger partial charge in [0.25, 0.3) is 0 Å². The lowest BCUT2D eigenvalue weighted by Crippen LogP contribution is -2.27. The van der Waals surface area contributed by atoms with E-state index in [4.69, 9.17) is 14.2 Å². The van der Waals surface area contributed by atoms with Crippen LogP contribution in [-0.2, 0) is 4.79 Å². The molecular formula is C23H29NO5. The minimum Gasteiger partial charge on any atom is -0.493 e. The third kappa shape index (κ3) is 6.26. The number of ether oxygens (including phenoxy) is 3. The van der Waals surface area contributed by atoms with Crippen molar-refractivity contribution >= 4 is 17.6 Å². The van der Waals surface area contributed by atoms with E-state index in [1.165, 1.54) is 14.2 Å². The summed E-state index contributed by atoms with van der Waals surface area (Å²) in [5.41, 5.74) is 1.44. The molecule has 0 aliphatic heterocycles. The number of hydrogen-bond acceptors (Lipinski definition) is 5. The molecule has 0 aliphatic rings. The number of aliphatic carboxylic acids is 1. The van der Waals surface area contributed by atoms with E-state index in [2.05, 4.69) is 18.7 Å². The molecule has 0 atom stereocenters. The summed E-state index contributed by atoms with van der Waals surface area (Å²) in [5.74, 6) is 0.711. The molecule has 2 rings (SSSR count). The molecule has 29 heavy (non-hydrogen) atoms. The number of rotatable bonds is 11.